The fourth-order valence-electron chi connectivity index (χ4n) is 1.63. The highest BCUT2D eigenvalue weighted by Gasteiger charge is 2.15. The molecule has 0 atom stereocenters. The van der Waals surface area contributed by atoms with Gasteiger partial charge in [-0.3, -0.25) is 0 Å². The molecule has 0 saturated heterocycles. The summed E-state index contributed by atoms with van der Waals surface area (Å²) in [6.07, 6.45) is 6.61. The molecule has 2 nitrogen and oxygen atoms in total. The van der Waals surface area contributed by atoms with Crippen LogP contribution < -0.4 is 10.6 Å². The Labute approximate surface area is 73.0 Å². The van der Waals surface area contributed by atoms with Crippen LogP contribution in [-0.2, 0) is 0 Å². The number of fused-ring (bicyclic) bond motifs is 1. The third kappa shape index (κ3) is 1.13. The average molecular weight is 162 g/mol. The molecule has 0 bridgehead atoms. The zero-order chi connectivity index (χ0) is 8.55. The SMILES string of the molecule is CC1=CNC2=C(C)CCC=C2N1. The molecule has 2 N–H and O–H groups in total. The Hall–Kier alpha value is -1.18. The van der Waals surface area contributed by atoms with Crippen LogP contribution in [0.1, 0.15) is 26.7 Å². The summed E-state index contributed by atoms with van der Waals surface area (Å²) in [6.45, 7) is 4.25. The van der Waals surface area contributed by atoms with E-state index in [0.717, 1.165) is 6.42 Å². The smallest absolute Gasteiger partial charge is 0.0605 e. The lowest BCUT2D eigenvalue weighted by atomic mass is 10.00. The van der Waals surface area contributed by atoms with Crippen molar-refractivity contribution < 1.29 is 0 Å². The Balaban J connectivity index is 2.37. The van der Waals surface area contributed by atoms with Gasteiger partial charge in [-0.15, -0.1) is 0 Å². The highest BCUT2D eigenvalue weighted by Crippen LogP contribution is 2.23. The first-order chi connectivity index (χ1) is 5.77. The molecular weight excluding hydrogens is 148 g/mol. The van der Waals surface area contributed by atoms with Gasteiger partial charge in [0.15, 0.2) is 0 Å². The third-order valence-electron chi connectivity index (χ3n) is 2.33. The summed E-state index contributed by atoms with van der Waals surface area (Å²) < 4.78 is 0. The second-order valence-electron chi connectivity index (χ2n) is 3.41. The van der Waals surface area contributed by atoms with Crippen molar-refractivity contribution in [3.8, 4) is 0 Å². The Morgan fingerprint density at radius 1 is 1.33 bits per heavy atom. The fraction of sp³-hybridized carbons (Fsp3) is 0.400. The molecule has 0 fully saturated rings. The van der Waals surface area contributed by atoms with E-state index in [1.54, 1.807) is 0 Å². The topological polar surface area (TPSA) is 24.1 Å². The van der Waals surface area contributed by atoms with Crippen LogP contribution in [0.2, 0.25) is 0 Å². The molecule has 64 valence electrons. The Bertz CT molecular complexity index is 295. The molecule has 2 heteroatoms. The minimum Gasteiger partial charge on any atom is -0.358 e. The van der Waals surface area contributed by atoms with E-state index in [9.17, 15) is 0 Å². The monoisotopic (exact) mass is 162 g/mol. The first-order valence-electron chi connectivity index (χ1n) is 4.38. The zero-order valence-electron chi connectivity index (χ0n) is 7.57. The predicted molar refractivity (Wildman–Crippen MR) is 50.0 cm³/mol. The summed E-state index contributed by atoms with van der Waals surface area (Å²) in [7, 11) is 0. The van der Waals surface area contributed by atoms with E-state index in [2.05, 4.69) is 30.6 Å². The summed E-state index contributed by atoms with van der Waals surface area (Å²) in [6, 6.07) is 0. The second kappa shape index (κ2) is 2.70. The molecule has 0 unspecified atom stereocenters. The molecule has 1 heterocycles. The van der Waals surface area contributed by atoms with Gasteiger partial charge in [0.25, 0.3) is 0 Å². The zero-order valence-corrected chi connectivity index (χ0v) is 7.57. The largest absolute Gasteiger partial charge is 0.358 e. The maximum absolute atomic E-state index is 3.35. The number of rotatable bonds is 0. The van der Waals surface area contributed by atoms with Crippen LogP contribution in [0.15, 0.2) is 34.9 Å². The van der Waals surface area contributed by atoms with Gasteiger partial charge in [0.2, 0.25) is 0 Å². The molecule has 1 aliphatic heterocycles. The Morgan fingerprint density at radius 2 is 2.17 bits per heavy atom. The maximum Gasteiger partial charge on any atom is 0.0605 e. The number of hydrogen-bond acceptors (Lipinski definition) is 2. The van der Waals surface area contributed by atoms with Crippen molar-refractivity contribution in [3.63, 3.8) is 0 Å². The molecule has 0 aromatic carbocycles. The van der Waals surface area contributed by atoms with Crippen molar-refractivity contribution in [2.75, 3.05) is 0 Å². The number of nitrogens with one attached hydrogen (secondary N) is 2. The van der Waals surface area contributed by atoms with Gasteiger partial charge >= 0.3 is 0 Å². The minimum atomic E-state index is 1.16. The van der Waals surface area contributed by atoms with Crippen LogP contribution >= 0.6 is 0 Å². The highest BCUT2D eigenvalue weighted by molar-refractivity contribution is 5.40. The van der Waals surface area contributed by atoms with Crippen molar-refractivity contribution in [1.82, 2.24) is 10.6 Å². The van der Waals surface area contributed by atoms with Gasteiger partial charge in [-0.05, 0) is 32.3 Å². The van der Waals surface area contributed by atoms with Crippen molar-refractivity contribution in [2.24, 2.45) is 0 Å². The quantitative estimate of drug-likeness (QED) is 0.569. The molecule has 0 radical (unpaired) electrons. The van der Waals surface area contributed by atoms with Crippen molar-refractivity contribution in [2.45, 2.75) is 26.7 Å². The molecule has 0 aromatic heterocycles. The van der Waals surface area contributed by atoms with Crippen LogP contribution in [0.4, 0.5) is 0 Å². The van der Waals surface area contributed by atoms with E-state index < -0.39 is 0 Å². The lowest BCUT2D eigenvalue weighted by molar-refractivity contribution is 0.781. The molecular formula is C10H14N2. The van der Waals surface area contributed by atoms with Gasteiger partial charge in [0.1, 0.15) is 0 Å². The summed E-state index contributed by atoms with van der Waals surface area (Å²) in [4.78, 5) is 0. The molecule has 0 aromatic rings. The first-order valence-corrected chi connectivity index (χ1v) is 4.38. The molecule has 1 aliphatic carbocycles. The maximum atomic E-state index is 3.35. The number of hydrogen-bond donors (Lipinski definition) is 2. The molecule has 0 spiro atoms. The average Bonchev–Trinajstić information content (AvgIpc) is 2.04. The minimum absolute atomic E-state index is 1.16. The summed E-state index contributed by atoms with van der Waals surface area (Å²) in [5.41, 5.74) is 5.15. The van der Waals surface area contributed by atoms with E-state index in [0.29, 0.717) is 0 Å². The van der Waals surface area contributed by atoms with Gasteiger partial charge in [-0.2, -0.15) is 0 Å². The molecule has 0 amide bonds. The molecule has 0 saturated carbocycles. The van der Waals surface area contributed by atoms with E-state index >= 15 is 0 Å². The number of allylic oxidation sites excluding steroid dienone is 3. The van der Waals surface area contributed by atoms with Gasteiger partial charge in [0.05, 0.1) is 11.4 Å². The van der Waals surface area contributed by atoms with Gasteiger partial charge in [-0.1, -0.05) is 6.08 Å². The molecule has 2 rings (SSSR count). The van der Waals surface area contributed by atoms with Gasteiger partial charge in [-0.25, -0.2) is 0 Å². The van der Waals surface area contributed by atoms with Crippen LogP contribution in [0.3, 0.4) is 0 Å². The van der Waals surface area contributed by atoms with Crippen LogP contribution in [0, 0.1) is 0 Å². The van der Waals surface area contributed by atoms with E-state index in [1.165, 1.54) is 29.1 Å². The first kappa shape index (κ1) is 7.47. The van der Waals surface area contributed by atoms with Crippen LogP contribution in [0.5, 0.6) is 0 Å². The van der Waals surface area contributed by atoms with Crippen LogP contribution in [-0.4, -0.2) is 0 Å². The normalized spacial score (nSPS) is 21.8. The van der Waals surface area contributed by atoms with Gasteiger partial charge < -0.3 is 10.6 Å². The lowest BCUT2D eigenvalue weighted by Gasteiger charge is -2.25. The van der Waals surface area contributed by atoms with E-state index in [-0.39, 0.29) is 0 Å². The third-order valence-corrected chi connectivity index (χ3v) is 2.33. The van der Waals surface area contributed by atoms with E-state index in [4.69, 9.17) is 0 Å². The molecule has 2 aliphatic rings. The lowest BCUT2D eigenvalue weighted by Crippen LogP contribution is -2.28. The van der Waals surface area contributed by atoms with Crippen molar-refractivity contribution in [3.05, 3.63) is 34.9 Å². The second-order valence-corrected chi connectivity index (χ2v) is 3.41. The van der Waals surface area contributed by atoms with Crippen LogP contribution in [0.25, 0.3) is 0 Å². The summed E-state index contributed by atoms with van der Waals surface area (Å²) >= 11 is 0. The summed E-state index contributed by atoms with van der Waals surface area (Å²) in [5, 5.41) is 6.66. The predicted octanol–water partition coefficient (Wildman–Crippen LogP) is 1.99. The standard InChI is InChI=1S/C10H14N2/c1-7-4-3-5-9-10(7)11-6-8(2)12-9/h5-6,11-12H,3-4H2,1-2H3. The van der Waals surface area contributed by atoms with E-state index in [1.807, 2.05) is 6.20 Å². The Kier molecular flexibility index (Phi) is 1.68. The Morgan fingerprint density at radius 3 is 3.00 bits per heavy atom. The van der Waals surface area contributed by atoms with Gasteiger partial charge in [0, 0.05) is 11.9 Å². The summed E-state index contributed by atoms with van der Waals surface area (Å²) in [5.74, 6) is 0. The van der Waals surface area contributed by atoms with Crippen molar-refractivity contribution in [1.29, 1.82) is 0 Å². The molecule has 12 heavy (non-hydrogen) atoms. The fourth-order valence-corrected chi connectivity index (χ4v) is 1.63. The highest BCUT2D eigenvalue weighted by atomic mass is 15.0. The van der Waals surface area contributed by atoms with Crippen molar-refractivity contribution >= 4 is 0 Å².